The van der Waals surface area contributed by atoms with Crippen LogP contribution in [-0.2, 0) is 14.8 Å². The normalized spacial score (nSPS) is 12.8. The number of aromatic hydroxyl groups is 1. The van der Waals surface area contributed by atoms with Gasteiger partial charge in [-0.3, -0.25) is 4.72 Å². The molecule has 1 atom stereocenters. The van der Waals surface area contributed by atoms with E-state index in [4.69, 9.17) is 9.47 Å². The van der Waals surface area contributed by atoms with Gasteiger partial charge in [-0.05, 0) is 42.0 Å². The summed E-state index contributed by atoms with van der Waals surface area (Å²) in [6.45, 7) is 1.60. The highest BCUT2D eigenvalue weighted by molar-refractivity contribution is 7.92. The number of fused-ring (bicyclic) bond motifs is 3. The molecule has 0 bridgehead atoms. The Balaban J connectivity index is 1.31. The van der Waals surface area contributed by atoms with Crippen LogP contribution in [0.1, 0.15) is 11.7 Å². The molecule has 0 aliphatic rings. The van der Waals surface area contributed by atoms with Crippen LogP contribution in [0.15, 0.2) is 60.7 Å². The summed E-state index contributed by atoms with van der Waals surface area (Å²) in [6, 6.07) is 19.3. The number of hydrogen-bond acceptors (Lipinski definition) is 7. The molecule has 3 aromatic carbocycles. The Hall–Kier alpha value is -2.85. The molecule has 1 unspecified atom stereocenters. The van der Waals surface area contributed by atoms with Crippen LogP contribution in [0.5, 0.6) is 11.5 Å². The van der Waals surface area contributed by atoms with Crippen LogP contribution >= 0.6 is 11.3 Å². The van der Waals surface area contributed by atoms with E-state index in [0.29, 0.717) is 19.7 Å². The molecule has 3 N–H and O–H groups in total. The van der Waals surface area contributed by atoms with Crippen LogP contribution in [0.25, 0.3) is 20.2 Å². The zero-order chi connectivity index (χ0) is 23.4. The van der Waals surface area contributed by atoms with Crippen molar-refractivity contribution in [3.8, 4) is 11.5 Å². The smallest absolute Gasteiger partial charge is 0.229 e. The summed E-state index contributed by atoms with van der Waals surface area (Å²) in [5, 5.41) is 15.7. The first-order valence-corrected chi connectivity index (χ1v) is 13.1. The first-order valence-electron chi connectivity index (χ1n) is 10.4. The topological polar surface area (TPSA) is 96.9 Å². The van der Waals surface area contributed by atoms with Gasteiger partial charge in [0.25, 0.3) is 0 Å². The maximum absolute atomic E-state index is 11.5. The van der Waals surface area contributed by atoms with Gasteiger partial charge in [-0.2, -0.15) is 0 Å². The van der Waals surface area contributed by atoms with Crippen LogP contribution in [0.2, 0.25) is 0 Å². The van der Waals surface area contributed by atoms with E-state index >= 15 is 0 Å². The van der Waals surface area contributed by atoms with Crippen molar-refractivity contribution in [2.45, 2.75) is 6.10 Å². The second-order valence-electron chi connectivity index (χ2n) is 7.68. The van der Waals surface area contributed by atoms with Crippen LogP contribution in [0, 0.1) is 0 Å². The first-order chi connectivity index (χ1) is 15.8. The number of thiophene rings is 1. The van der Waals surface area contributed by atoms with Crippen LogP contribution in [0.4, 0.5) is 5.69 Å². The Morgan fingerprint density at radius 3 is 2.61 bits per heavy atom. The van der Waals surface area contributed by atoms with Gasteiger partial charge in [-0.25, -0.2) is 8.42 Å². The van der Waals surface area contributed by atoms with E-state index in [1.54, 1.807) is 30.6 Å². The highest BCUT2D eigenvalue weighted by Crippen LogP contribution is 2.35. The molecule has 0 fully saturated rings. The maximum atomic E-state index is 11.5. The summed E-state index contributed by atoms with van der Waals surface area (Å²) >= 11 is 1.76. The molecule has 0 amide bonds. The largest absolute Gasteiger partial charge is 0.506 e. The van der Waals surface area contributed by atoms with Crippen LogP contribution in [-0.4, -0.2) is 46.6 Å². The van der Waals surface area contributed by atoms with E-state index < -0.39 is 10.0 Å². The molecule has 9 heteroatoms. The number of hydrogen-bond donors (Lipinski definition) is 3. The molecule has 0 radical (unpaired) electrons. The minimum Gasteiger partial charge on any atom is -0.506 e. The predicted molar refractivity (Wildman–Crippen MR) is 134 cm³/mol. The Bertz CT molecular complexity index is 1370. The van der Waals surface area contributed by atoms with Crippen LogP contribution in [0.3, 0.4) is 0 Å². The fourth-order valence-electron chi connectivity index (χ4n) is 3.64. The number of phenols is 1. The molecule has 33 heavy (non-hydrogen) atoms. The van der Waals surface area contributed by atoms with Gasteiger partial charge < -0.3 is 19.9 Å². The lowest BCUT2D eigenvalue weighted by Gasteiger charge is -2.18. The third-order valence-electron chi connectivity index (χ3n) is 5.20. The number of nitrogens with one attached hydrogen (secondary N) is 2. The third kappa shape index (κ3) is 5.75. The molecule has 1 aromatic heterocycles. The number of rotatable bonds is 10. The quantitative estimate of drug-likeness (QED) is 0.226. The lowest BCUT2D eigenvalue weighted by molar-refractivity contribution is 0.101. The van der Waals surface area contributed by atoms with Crippen molar-refractivity contribution in [3.63, 3.8) is 0 Å². The number of anilines is 1. The summed E-state index contributed by atoms with van der Waals surface area (Å²) in [4.78, 5) is 0. The van der Waals surface area contributed by atoms with Gasteiger partial charge >= 0.3 is 0 Å². The highest BCUT2D eigenvalue weighted by atomic mass is 32.2. The second-order valence-corrected chi connectivity index (χ2v) is 10.5. The molecule has 0 saturated heterocycles. The molecule has 4 rings (SSSR count). The molecule has 0 aliphatic carbocycles. The molecular weight excluding hydrogens is 460 g/mol. The van der Waals surface area contributed by atoms with Gasteiger partial charge in [0.15, 0.2) is 0 Å². The Morgan fingerprint density at radius 1 is 1.03 bits per heavy atom. The molecule has 0 saturated carbocycles. The van der Waals surface area contributed by atoms with E-state index in [0.717, 1.165) is 17.6 Å². The minimum atomic E-state index is -3.50. The number of phenolic OH excluding ortho intramolecular Hbond substituents is 1. The minimum absolute atomic E-state index is 0.122. The summed E-state index contributed by atoms with van der Waals surface area (Å²) < 4.78 is 39.2. The number of benzene rings is 3. The van der Waals surface area contributed by atoms with E-state index in [2.05, 4.69) is 46.4 Å². The fraction of sp³-hybridized carbons (Fsp3) is 0.250. The Labute approximate surface area is 197 Å². The number of methoxy groups -OCH3 is 1. The summed E-state index contributed by atoms with van der Waals surface area (Å²) in [5.41, 5.74) is 0.863. The third-order valence-corrected chi connectivity index (χ3v) is 6.92. The average Bonchev–Trinajstić information content (AvgIpc) is 3.15. The van der Waals surface area contributed by atoms with E-state index in [9.17, 15) is 13.5 Å². The van der Waals surface area contributed by atoms with Gasteiger partial charge in [-0.1, -0.05) is 24.3 Å². The zero-order valence-corrected chi connectivity index (χ0v) is 20.0. The lowest BCUT2D eigenvalue weighted by Crippen LogP contribution is -2.27. The van der Waals surface area contributed by atoms with Gasteiger partial charge in [0.2, 0.25) is 10.0 Å². The van der Waals surface area contributed by atoms with Crippen molar-refractivity contribution >= 4 is 47.2 Å². The number of sulfonamides is 1. The molecule has 0 spiro atoms. The summed E-state index contributed by atoms with van der Waals surface area (Å²) in [6.07, 6.45) is 0.716. The van der Waals surface area contributed by atoms with E-state index in [1.807, 2.05) is 6.07 Å². The molecule has 1 heterocycles. The van der Waals surface area contributed by atoms with Crippen molar-refractivity contribution in [1.29, 1.82) is 0 Å². The van der Waals surface area contributed by atoms with Crippen LogP contribution < -0.4 is 14.8 Å². The van der Waals surface area contributed by atoms with Crippen molar-refractivity contribution in [2.24, 2.45) is 0 Å². The monoisotopic (exact) mass is 486 g/mol. The maximum Gasteiger partial charge on any atom is 0.229 e. The summed E-state index contributed by atoms with van der Waals surface area (Å²) in [7, 11) is -1.92. The second kappa shape index (κ2) is 9.96. The van der Waals surface area contributed by atoms with Gasteiger partial charge in [0.05, 0.1) is 18.0 Å². The Kier molecular flexibility index (Phi) is 7.04. The van der Waals surface area contributed by atoms with E-state index in [1.165, 1.54) is 26.2 Å². The fourth-order valence-corrected chi connectivity index (χ4v) is 5.34. The van der Waals surface area contributed by atoms with Gasteiger partial charge in [0.1, 0.15) is 18.1 Å². The zero-order valence-electron chi connectivity index (χ0n) is 18.4. The first kappa shape index (κ1) is 23.3. The molecule has 4 aromatic rings. The molecular formula is C24H26N2O5S2. The van der Waals surface area contributed by atoms with Crippen molar-refractivity contribution in [3.05, 3.63) is 66.2 Å². The van der Waals surface area contributed by atoms with Gasteiger partial charge in [-0.15, -0.1) is 11.3 Å². The standard InChI is InChI=1S/C24H26N2O5S2/c1-30-22(16-7-10-21(27)20(13-16)26-33(2,28)29)15-25-11-12-31-17-8-9-19-18-5-3-4-6-23(18)32-24(19)14-17/h3-10,13-14,22,25-27H,11-12,15H2,1-2H3. The predicted octanol–water partition coefficient (Wildman–Crippen LogP) is 4.49. The van der Waals surface area contributed by atoms with Gasteiger partial charge in [0, 0.05) is 40.4 Å². The average molecular weight is 487 g/mol. The van der Waals surface area contributed by atoms with Crippen molar-refractivity contribution in [2.75, 3.05) is 37.8 Å². The molecule has 0 aliphatic heterocycles. The molecule has 174 valence electrons. The van der Waals surface area contributed by atoms with Crippen molar-refractivity contribution in [1.82, 2.24) is 5.32 Å². The summed E-state index contributed by atoms with van der Waals surface area (Å²) in [5.74, 6) is 0.685. The SMILES string of the molecule is COC(CNCCOc1ccc2c(c1)sc1ccccc12)c1ccc(O)c(NS(C)(=O)=O)c1. The highest BCUT2D eigenvalue weighted by Gasteiger charge is 2.14. The lowest BCUT2D eigenvalue weighted by atomic mass is 10.1. The number of ether oxygens (including phenoxy) is 2. The van der Waals surface area contributed by atoms with E-state index in [-0.39, 0.29) is 17.5 Å². The Morgan fingerprint density at radius 2 is 1.82 bits per heavy atom. The molecule has 7 nitrogen and oxygen atoms in total. The van der Waals surface area contributed by atoms with Crippen molar-refractivity contribution < 1.29 is 23.0 Å².